The van der Waals surface area contributed by atoms with Crippen LogP contribution in [-0.4, -0.2) is 52.3 Å². The average molecular weight is 302 g/mol. The van der Waals surface area contributed by atoms with E-state index in [0.29, 0.717) is 37.6 Å². The smallest absolute Gasteiger partial charge is 0.293 e. The summed E-state index contributed by atoms with van der Waals surface area (Å²) in [6, 6.07) is 5.06. The molecule has 2 aromatic rings. The predicted molar refractivity (Wildman–Crippen MR) is 79.1 cm³/mol. The highest BCUT2D eigenvalue weighted by molar-refractivity contribution is 5.83. The summed E-state index contributed by atoms with van der Waals surface area (Å²) in [6.45, 7) is 2.45. The number of nitro groups is 1. The molecule has 9 nitrogen and oxygen atoms in total. The number of nitrogens with zero attached hydrogens (tertiary/aromatic N) is 6. The quantitative estimate of drug-likeness (QED) is 0.473. The van der Waals surface area contributed by atoms with Gasteiger partial charge in [0.1, 0.15) is 18.3 Å². The number of aromatic nitrogens is 3. The van der Waals surface area contributed by atoms with Gasteiger partial charge in [-0.3, -0.25) is 10.1 Å². The molecule has 2 heterocycles. The largest absolute Gasteiger partial charge is 0.378 e. The van der Waals surface area contributed by atoms with Gasteiger partial charge in [-0.25, -0.2) is 4.68 Å². The van der Waals surface area contributed by atoms with Crippen LogP contribution in [0.25, 0.3) is 0 Å². The van der Waals surface area contributed by atoms with Crippen molar-refractivity contribution in [3.8, 4) is 0 Å². The van der Waals surface area contributed by atoms with Crippen LogP contribution in [0, 0.1) is 10.1 Å². The molecule has 0 unspecified atom stereocenters. The Morgan fingerprint density at radius 3 is 2.68 bits per heavy atom. The lowest BCUT2D eigenvalue weighted by Crippen LogP contribution is -2.36. The fraction of sp³-hybridized carbons (Fsp3) is 0.308. The molecule has 1 aromatic heterocycles. The molecular weight excluding hydrogens is 288 g/mol. The predicted octanol–water partition coefficient (Wildman–Crippen LogP) is 0.905. The van der Waals surface area contributed by atoms with Crippen molar-refractivity contribution < 1.29 is 9.66 Å². The molecule has 0 bridgehead atoms. The fourth-order valence-electron chi connectivity index (χ4n) is 2.23. The molecule has 0 aliphatic carbocycles. The number of ether oxygens (including phenoxy) is 1. The van der Waals surface area contributed by atoms with Crippen molar-refractivity contribution in [2.75, 3.05) is 31.2 Å². The second kappa shape index (κ2) is 6.31. The summed E-state index contributed by atoms with van der Waals surface area (Å²) < 4.78 is 6.70. The average Bonchev–Trinajstić information content (AvgIpc) is 3.07. The first-order chi connectivity index (χ1) is 10.7. The van der Waals surface area contributed by atoms with Crippen molar-refractivity contribution in [2.24, 2.45) is 5.10 Å². The minimum atomic E-state index is -0.374. The van der Waals surface area contributed by atoms with Gasteiger partial charge in [-0.2, -0.15) is 5.10 Å². The Bertz CT molecular complexity index is 679. The third-order valence-electron chi connectivity index (χ3n) is 3.29. The molecule has 0 N–H and O–H groups in total. The number of nitro benzene ring substituents is 1. The second-order valence-electron chi connectivity index (χ2n) is 4.69. The van der Waals surface area contributed by atoms with E-state index in [1.807, 2.05) is 4.90 Å². The van der Waals surface area contributed by atoms with Gasteiger partial charge in [-0.05, 0) is 6.07 Å². The van der Waals surface area contributed by atoms with E-state index in [1.165, 1.54) is 29.6 Å². The highest BCUT2D eigenvalue weighted by Crippen LogP contribution is 2.29. The van der Waals surface area contributed by atoms with Gasteiger partial charge in [-0.15, -0.1) is 10.2 Å². The van der Waals surface area contributed by atoms with E-state index in [4.69, 9.17) is 4.74 Å². The summed E-state index contributed by atoms with van der Waals surface area (Å²) in [5, 5.41) is 22.7. The highest BCUT2D eigenvalue weighted by atomic mass is 16.6. The summed E-state index contributed by atoms with van der Waals surface area (Å²) >= 11 is 0. The number of hydrogen-bond acceptors (Lipinski definition) is 7. The first-order valence-corrected chi connectivity index (χ1v) is 6.74. The Hall–Kier alpha value is -2.81. The number of morpholine rings is 1. The van der Waals surface area contributed by atoms with Crippen molar-refractivity contribution in [1.82, 2.24) is 14.9 Å². The van der Waals surface area contributed by atoms with Crippen LogP contribution in [-0.2, 0) is 4.74 Å². The highest BCUT2D eigenvalue weighted by Gasteiger charge is 2.21. The Morgan fingerprint density at radius 1 is 1.27 bits per heavy atom. The summed E-state index contributed by atoms with van der Waals surface area (Å²) in [7, 11) is 0. The van der Waals surface area contributed by atoms with Crippen LogP contribution in [0.1, 0.15) is 5.56 Å². The van der Waals surface area contributed by atoms with Gasteiger partial charge in [0.2, 0.25) is 0 Å². The van der Waals surface area contributed by atoms with Crippen LogP contribution < -0.4 is 4.90 Å². The van der Waals surface area contributed by atoms with Crippen LogP contribution in [0.5, 0.6) is 0 Å². The Balaban J connectivity index is 1.88. The van der Waals surface area contributed by atoms with E-state index in [0.717, 1.165) is 0 Å². The van der Waals surface area contributed by atoms with Crippen molar-refractivity contribution in [3.05, 3.63) is 46.5 Å². The maximum atomic E-state index is 11.3. The number of hydrogen-bond donors (Lipinski definition) is 0. The van der Waals surface area contributed by atoms with Gasteiger partial charge in [0.15, 0.2) is 0 Å². The van der Waals surface area contributed by atoms with Crippen LogP contribution in [0.15, 0.2) is 36.0 Å². The topological polar surface area (TPSA) is 98.7 Å². The van der Waals surface area contributed by atoms with Gasteiger partial charge in [-0.1, -0.05) is 6.07 Å². The Morgan fingerprint density at radius 2 is 2.00 bits per heavy atom. The van der Waals surface area contributed by atoms with Crippen LogP contribution in [0.2, 0.25) is 0 Å². The van der Waals surface area contributed by atoms with E-state index >= 15 is 0 Å². The van der Waals surface area contributed by atoms with Gasteiger partial charge in [0.25, 0.3) is 5.69 Å². The standard InChI is InChI=1S/C13H14N6O3/c20-19(21)13-7-11(8-16-18-9-14-15-10-18)1-2-12(13)17-3-5-22-6-4-17/h1-2,7-10H,3-6H2/b16-8+. The molecule has 0 radical (unpaired) electrons. The zero-order chi connectivity index (χ0) is 15.4. The van der Waals surface area contributed by atoms with E-state index in [9.17, 15) is 10.1 Å². The summed E-state index contributed by atoms with van der Waals surface area (Å²) in [5.74, 6) is 0. The summed E-state index contributed by atoms with van der Waals surface area (Å²) in [4.78, 5) is 12.9. The molecule has 1 saturated heterocycles. The monoisotopic (exact) mass is 302 g/mol. The lowest BCUT2D eigenvalue weighted by molar-refractivity contribution is -0.384. The van der Waals surface area contributed by atoms with Gasteiger partial charge >= 0.3 is 0 Å². The van der Waals surface area contributed by atoms with E-state index in [-0.39, 0.29) is 10.6 Å². The van der Waals surface area contributed by atoms with Gasteiger partial charge < -0.3 is 9.64 Å². The van der Waals surface area contributed by atoms with Crippen molar-refractivity contribution in [3.63, 3.8) is 0 Å². The van der Waals surface area contributed by atoms with Crippen molar-refractivity contribution >= 4 is 17.6 Å². The van der Waals surface area contributed by atoms with Crippen molar-refractivity contribution in [1.29, 1.82) is 0 Å². The maximum absolute atomic E-state index is 11.3. The minimum Gasteiger partial charge on any atom is -0.378 e. The van der Waals surface area contributed by atoms with E-state index in [1.54, 1.807) is 12.1 Å². The Kier molecular flexibility index (Phi) is 4.05. The summed E-state index contributed by atoms with van der Waals surface area (Å²) in [5.41, 5.74) is 1.31. The number of rotatable bonds is 4. The normalized spacial score (nSPS) is 15.4. The third-order valence-corrected chi connectivity index (χ3v) is 3.29. The zero-order valence-corrected chi connectivity index (χ0v) is 11.7. The first-order valence-electron chi connectivity index (χ1n) is 6.74. The summed E-state index contributed by atoms with van der Waals surface area (Å²) in [6.07, 6.45) is 4.40. The first kappa shape index (κ1) is 14.1. The SMILES string of the molecule is O=[N+]([O-])c1cc(/C=N/n2cnnc2)ccc1N1CCOCC1. The molecule has 0 atom stereocenters. The van der Waals surface area contributed by atoms with Gasteiger partial charge in [0.05, 0.1) is 24.4 Å². The van der Waals surface area contributed by atoms with Crippen LogP contribution in [0.3, 0.4) is 0 Å². The molecule has 1 aliphatic heterocycles. The second-order valence-corrected chi connectivity index (χ2v) is 4.69. The lowest BCUT2D eigenvalue weighted by atomic mass is 10.1. The molecule has 9 heteroatoms. The maximum Gasteiger partial charge on any atom is 0.293 e. The van der Waals surface area contributed by atoms with Crippen LogP contribution in [0.4, 0.5) is 11.4 Å². The minimum absolute atomic E-state index is 0.0645. The molecule has 0 amide bonds. The molecule has 0 saturated carbocycles. The van der Waals surface area contributed by atoms with E-state index in [2.05, 4.69) is 15.3 Å². The Labute approximate surface area is 126 Å². The molecular formula is C13H14N6O3. The molecule has 1 aliphatic rings. The zero-order valence-electron chi connectivity index (χ0n) is 11.7. The number of anilines is 1. The lowest BCUT2D eigenvalue weighted by Gasteiger charge is -2.28. The third kappa shape index (κ3) is 3.09. The van der Waals surface area contributed by atoms with E-state index < -0.39 is 0 Å². The van der Waals surface area contributed by atoms with Gasteiger partial charge in [0, 0.05) is 24.7 Å². The molecule has 1 aromatic carbocycles. The number of benzene rings is 1. The molecule has 114 valence electrons. The van der Waals surface area contributed by atoms with Crippen molar-refractivity contribution in [2.45, 2.75) is 0 Å². The molecule has 3 rings (SSSR count). The molecule has 22 heavy (non-hydrogen) atoms. The van der Waals surface area contributed by atoms with Crippen LogP contribution >= 0.6 is 0 Å². The molecule has 1 fully saturated rings. The fourth-order valence-corrected chi connectivity index (χ4v) is 2.23. The molecule has 0 spiro atoms.